The Labute approximate surface area is 166 Å². The molecular weight excluding hydrogens is 359 g/mol. The first-order valence-corrected chi connectivity index (χ1v) is 9.67. The topological polar surface area (TPSA) is 63.6 Å². The van der Waals surface area contributed by atoms with Gasteiger partial charge in [-0.05, 0) is 36.1 Å². The zero-order valence-corrected chi connectivity index (χ0v) is 17.3. The van der Waals surface area contributed by atoms with E-state index >= 15 is 0 Å². The van der Waals surface area contributed by atoms with Crippen LogP contribution < -0.4 is 14.8 Å². The first-order valence-electron chi connectivity index (χ1n) is 9.67. The maximum atomic E-state index is 14.4. The summed E-state index contributed by atoms with van der Waals surface area (Å²) < 4.78 is 25.8. The van der Waals surface area contributed by atoms with Gasteiger partial charge in [0.1, 0.15) is 17.3 Å². The number of aliphatic hydroxyl groups is 1. The molecule has 0 fully saturated rings. The van der Waals surface area contributed by atoms with Gasteiger partial charge in [-0.3, -0.25) is 0 Å². The predicted molar refractivity (Wildman–Crippen MR) is 109 cm³/mol. The third-order valence-corrected chi connectivity index (χ3v) is 4.49. The van der Waals surface area contributed by atoms with Crippen LogP contribution in [0.2, 0.25) is 0 Å². The van der Waals surface area contributed by atoms with Crippen LogP contribution >= 0.6 is 0 Å². The molecule has 2 N–H and O–H groups in total. The van der Waals surface area contributed by atoms with Crippen LogP contribution in [0.4, 0.5) is 4.39 Å². The molecule has 0 radical (unpaired) electrons. The third-order valence-electron chi connectivity index (χ3n) is 4.49. The number of nitrogens with zero attached hydrogens (tertiary/aromatic N) is 1. The number of aromatic nitrogens is 1. The number of nitrogens with one attached hydrogen (secondary N) is 1. The minimum absolute atomic E-state index is 0.0152. The molecule has 0 amide bonds. The van der Waals surface area contributed by atoms with Crippen molar-refractivity contribution in [1.29, 1.82) is 0 Å². The highest BCUT2D eigenvalue weighted by Crippen LogP contribution is 2.37. The van der Waals surface area contributed by atoms with Crippen molar-refractivity contribution in [3.63, 3.8) is 0 Å². The van der Waals surface area contributed by atoms with Gasteiger partial charge in [-0.1, -0.05) is 33.8 Å². The molecule has 1 heterocycles. The second kappa shape index (κ2) is 10.4. The Hall–Kier alpha value is -2.18. The molecule has 154 valence electrons. The van der Waals surface area contributed by atoms with Crippen molar-refractivity contribution >= 4 is 0 Å². The Bertz CT molecular complexity index is 765. The molecule has 5 nitrogen and oxygen atoms in total. The minimum Gasteiger partial charge on any atom is -0.496 e. The molecule has 1 aromatic heterocycles. The van der Waals surface area contributed by atoms with Crippen molar-refractivity contribution in [3.05, 3.63) is 41.8 Å². The predicted octanol–water partition coefficient (Wildman–Crippen LogP) is 4.04. The maximum Gasteiger partial charge on any atom is 0.146 e. The Balaban J connectivity index is 2.37. The molecule has 28 heavy (non-hydrogen) atoms. The summed E-state index contributed by atoms with van der Waals surface area (Å²) in [6.07, 6.45) is 0. The van der Waals surface area contributed by atoms with E-state index in [0.717, 1.165) is 0 Å². The number of hydrogen-bond donors (Lipinski definition) is 2. The summed E-state index contributed by atoms with van der Waals surface area (Å²) in [7, 11) is 1.59. The second-order valence-electron chi connectivity index (χ2n) is 7.58. The molecule has 1 atom stereocenters. The number of methoxy groups -OCH3 is 1. The maximum absolute atomic E-state index is 14.4. The van der Waals surface area contributed by atoms with E-state index in [1.165, 1.54) is 6.07 Å². The second-order valence-corrected chi connectivity index (χ2v) is 7.58. The first kappa shape index (κ1) is 22.1. The molecule has 1 aromatic carbocycles. The zero-order valence-electron chi connectivity index (χ0n) is 17.3. The Morgan fingerprint density at radius 2 is 1.82 bits per heavy atom. The highest BCUT2D eigenvalue weighted by Gasteiger charge is 2.18. The van der Waals surface area contributed by atoms with E-state index in [9.17, 15) is 9.50 Å². The van der Waals surface area contributed by atoms with E-state index < -0.39 is 5.82 Å². The van der Waals surface area contributed by atoms with Gasteiger partial charge in [0.2, 0.25) is 0 Å². The van der Waals surface area contributed by atoms with Crippen LogP contribution in [0.15, 0.2) is 30.3 Å². The van der Waals surface area contributed by atoms with Crippen LogP contribution in [0, 0.1) is 17.7 Å². The molecular formula is C22H31FN2O3. The van der Waals surface area contributed by atoms with Crippen molar-refractivity contribution in [2.24, 2.45) is 11.8 Å². The fourth-order valence-corrected chi connectivity index (χ4v) is 2.80. The average molecular weight is 390 g/mol. The number of benzene rings is 1. The highest BCUT2D eigenvalue weighted by molar-refractivity contribution is 5.74. The van der Waals surface area contributed by atoms with Gasteiger partial charge in [-0.15, -0.1) is 0 Å². The molecule has 2 aromatic rings. The van der Waals surface area contributed by atoms with E-state index in [4.69, 9.17) is 9.47 Å². The molecule has 0 saturated carbocycles. The molecule has 6 heteroatoms. The highest BCUT2D eigenvalue weighted by atomic mass is 19.1. The normalized spacial score (nSPS) is 12.5. The molecule has 0 spiro atoms. The van der Waals surface area contributed by atoms with Crippen molar-refractivity contribution in [2.75, 3.05) is 20.3 Å². The lowest BCUT2D eigenvalue weighted by atomic mass is 10.1. The van der Waals surface area contributed by atoms with Crippen LogP contribution in [-0.2, 0) is 6.54 Å². The fraction of sp³-hybridized carbons (Fsp3) is 0.500. The summed E-state index contributed by atoms with van der Waals surface area (Å²) in [5.74, 6) is 1.47. The summed E-state index contributed by atoms with van der Waals surface area (Å²) in [4.78, 5) is 4.53. The lowest BCUT2D eigenvalue weighted by molar-refractivity contribution is 0.209. The smallest absolute Gasteiger partial charge is 0.146 e. The van der Waals surface area contributed by atoms with E-state index in [1.54, 1.807) is 13.2 Å². The third kappa shape index (κ3) is 5.66. The van der Waals surface area contributed by atoms with E-state index in [2.05, 4.69) is 24.1 Å². The summed E-state index contributed by atoms with van der Waals surface area (Å²) in [5.41, 5.74) is 1.58. The van der Waals surface area contributed by atoms with Crippen molar-refractivity contribution < 1.29 is 19.0 Å². The van der Waals surface area contributed by atoms with Gasteiger partial charge in [0.05, 0.1) is 37.3 Å². The first-order chi connectivity index (χ1) is 13.4. The van der Waals surface area contributed by atoms with Crippen LogP contribution in [0.3, 0.4) is 0 Å². The lowest BCUT2D eigenvalue weighted by Gasteiger charge is -2.20. The van der Waals surface area contributed by atoms with E-state index in [-0.39, 0.29) is 30.8 Å². The van der Waals surface area contributed by atoms with Crippen LogP contribution in [0.5, 0.6) is 11.5 Å². The molecule has 0 aliphatic rings. The summed E-state index contributed by atoms with van der Waals surface area (Å²) in [5, 5.41) is 12.6. The molecule has 2 rings (SSSR count). The number of aliphatic hydroxyl groups excluding tert-OH is 1. The number of hydrogen-bond acceptors (Lipinski definition) is 5. The van der Waals surface area contributed by atoms with Crippen molar-refractivity contribution in [1.82, 2.24) is 10.3 Å². The quantitative estimate of drug-likeness (QED) is 0.641. The summed E-state index contributed by atoms with van der Waals surface area (Å²) >= 11 is 0. The molecule has 0 bridgehead atoms. The van der Waals surface area contributed by atoms with Gasteiger partial charge in [0.25, 0.3) is 0 Å². The molecule has 0 unspecified atom stereocenters. The van der Waals surface area contributed by atoms with Gasteiger partial charge in [0.15, 0.2) is 0 Å². The van der Waals surface area contributed by atoms with E-state index in [0.29, 0.717) is 35.3 Å². The van der Waals surface area contributed by atoms with Crippen LogP contribution in [0.1, 0.15) is 33.4 Å². The molecule has 0 aliphatic carbocycles. The SMILES string of the molecule is COc1cccc(OCC(C)C)c1-c1ccc(F)c(CN[C@@H](CO)C(C)C)n1. The number of halogens is 1. The zero-order chi connectivity index (χ0) is 20.7. The standard InChI is InChI=1S/C22H31FN2O3/c1-14(2)13-28-21-8-6-7-20(27-5)22(21)17-10-9-16(23)18(25-17)11-24-19(12-26)15(3)4/h6-10,14-15,19,24,26H,11-13H2,1-5H3/t19-/m0/s1. The summed E-state index contributed by atoms with van der Waals surface area (Å²) in [6.45, 7) is 8.92. The van der Waals surface area contributed by atoms with E-state index in [1.807, 2.05) is 32.0 Å². The average Bonchev–Trinajstić information content (AvgIpc) is 2.67. The minimum atomic E-state index is -0.392. The van der Waals surface area contributed by atoms with Gasteiger partial charge in [-0.2, -0.15) is 0 Å². The van der Waals surface area contributed by atoms with Gasteiger partial charge < -0.3 is 19.9 Å². The van der Waals surface area contributed by atoms with Crippen molar-refractivity contribution in [2.45, 2.75) is 40.3 Å². The van der Waals surface area contributed by atoms with Gasteiger partial charge in [0, 0.05) is 12.6 Å². The fourth-order valence-electron chi connectivity index (χ4n) is 2.80. The number of pyridine rings is 1. The Morgan fingerprint density at radius 3 is 2.43 bits per heavy atom. The monoisotopic (exact) mass is 390 g/mol. The number of ether oxygens (including phenoxy) is 2. The van der Waals surface area contributed by atoms with Gasteiger partial charge >= 0.3 is 0 Å². The van der Waals surface area contributed by atoms with Crippen molar-refractivity contribution in [3.8, 4) is 22.8 Å². The molecule has 0 aliphatic heterocycles. The number of rotatable bonds is 10. The molecule has 0 saturated heterocycles. The van der Waals surface area contributed by atoms with Crippen LogP contribution in [0.25, 0.3) is 11.3 Å². The lowest BCUT2D eigenvalue weighted by Crippen LogP contribution is -2.37. The summed E-state index contributed by atoms with van der Waals surface area (Å²) in [6, 6.07) is 8.47. The van der Waals surface area contributed by atoms with Crippen LogP contribution in [-0.4, -0.2) is 36.5 Å². The van der Waals surface area contributed by atoms with Gasteiger partial charge in [-0.25, -0.2) is 9.37 Å². The Morgan fingerprint density at radius 1 is 1.11 bits per heavy atom. The Kier molecular flexibility index (Phi) is 8.20. The largest absolute Gasteiger partial charge is 0.496 e.